The van der Waals surface area contributed by atoms with Crippen LogP contribution in [0.1, 0.15) is 20.3 Å². The first kappa shape index (κ1) is 18.2. The van der Waals surface area contributed by atoms with Gasteiger partial charge in [-0.25, -0.2) is 8.42 Å². The molecule has 8 heteroatoms. The second kappa shape index (κ2) is 8.00. The molecule has 0 saturated heterocycles. The van der Waals surface area contributed by atoms with Gasteiger partial charge in [-0.1, -0.05) is 6.92 Å². The number of ether oxygens (including phenoxy) is 2. The zero-order valence-electron chi connectivity index (χ0n) is 13.2. The van der Waals surface area contributed by atoms with Crippen molar-refractivity contribution in [2.75, 3.05) is 20.8 Å². The van der Waals surface area contributed by atoms with Crippen LogP contribution in [0.4, 0.5) is 0 Å². The lowest BCUT2D eigenvalue weighted by atomic mass is 10.3. The molecule has 0 bridgehead atoms. The van der Waals surface area contributed by atoms with Crippen molar-refractivity contribution in [3.05, 3.63) is 18.2 Å². The Morgan fingerprint density at radius 1 is 1.23 bits per heavy atom. The van der Waals surface area contributed by atoms with Crippen LogP contribution in [0.25, 0.3) is 0 Å². The Morgan fingerprint density at radius 3 is 2.41 bits per heavy atom. The van der Waals surface area contributed by atoms with Crippen molar-refractivity contribution in [1.29, 1.82) is 0 Å². The first-order chi connectivity index (χ1) is 10.4. The molecule has 0 heterocycles. The van der Waals surface area contributed by atoms with Crippen molar-refractivity contribution in [1.82, 2.24) is 10.0 Å². The molecule has 1 rings (SSSR count). The van der Waals surface area contributed by atoms with E-state index in [1.807, 2.05) is 6.92 Å². The van der Waals surface area contributed by atoms with Crippen molar-refractivity contribution in [2.24, 2.45) is 0 Å². The van der Waals surface area contributed by atoms with Crippen LogP contribution in [-0.4, -0.2) is 41.1 Å². The van der Waals surface area contributed by atoms with E-state index in [-0.39, 0.29) is 10.8 Å². The predicted molar refractivity (Wildman–Crippen MR) is 82.6 cm³/mol. The molecular weight excluding hydrogens is 308 g/mol. The summed E-state index contributed by atoms with van der Waals surface area (Å²) in [6.45, 7) is 3.91. The van der Waals surface area contributed by atoms with Crippen molar-refractivity contribution in [3.63, 3.8) is 0 Å². The largest absolute Gasteiger partial charge is 0.493 e. The fourth-order valence-electron chi connectivity index (χ4n) is 1.74. The zero-order valence-corrected chi connectivity index (χ0v) is 14.0. The molecule has 2 N–H and O–H groups in total. The van der Waals surface area contributed by atoms with Crippen LogP contribution >= 0.6 is 0 Å². The second-order valence-corrected chi connectivity index (χ2v) is 6.36. The monoisotopic (exact) mass is 330 g/mol. The van der Waals surface area contributed by atoms with Crippen molar-refractivity contribution in [3.8, 4) is 11.5 Å². The summed E-state index contributed by atoms with van der Waals surface area (Å²) in [5.41, 5.74) is 0. The minimum atomic E-state index is -3.83. The van der Waals surface area contributed by atoms with E-state index in [9.17, 15) is 13.2 Å². The lowest BCUT2D eigenvalue weighted by Gasteiger charge is -2.15. The molecular formula is C14H22N2O5S. The van der Waals surface area contributed by atoms with Crippen LogP contribution in [-0.2, 0) is 14.8 Å². The maximum Gasteiger partial charge on any atom is 0.241 e. The number of nitrogens with one attached hydrogen (secondary N) is 2. The van der Waals surface area contributed by atoms with E-state index in [0.29, 0.717) is 18.0 Å². The smallest absolute Gasteiger partial charge is 0.241 e. The van der Waals surface area contributed by atoms with Gasteiger partial charge in [-0.05, 0) is 25.5 Å². The SMILES string of the molecule is CCCNC(=O)C(C)NS(=O)(=O)c1ccc(OC)c(OC)c1. The highest BCUT2D eigenvalue weighted by molar-refractivity contribution is 7.89. The normalized spacial score (nSPS) is 12.5. The summed E-state index contributed by atoms with van der Waals surface area (Å²) in [5.74, 6) is 0.356. The molecule has 1 amide bonds. The van der Waals surface area contributed by atoms with Gasteiger partial charge in [0.25, 0.3) is 0 Å². The molecule has 22 heavy (non-hydrogen) atoms. The number of hydrogen-bond donors (Lipinski definition) is 2. The van der Waals surface area contributed by atoms with Crippen molar-refractivity contribution >= 4 is 15.9 Å². The van der Waals surface area contributed by atoms with E-state index in [2.05, 4.69) is 10.0 Å². The average Bonchev–Trinajstić information content (AvgIpc) is 2.51. The van der Waals surface area contributed by atoms with E-state index in [4.69, 9.17) is 9.47 Å². The molecule has 1 atom stereocenters. The van der Waals surface area contributed by atoms with Crippen LogP contribution < -0.4 is 19.5 Å². The van der Waals surface area contributed by atoms with Gasteiger partial charge >= 0.3 is 0 Å². The lowest BCUT2D eigenvalue weighted by molar-refractivity contribution is -0.122. The molecule has 0 aliphatic heterocycles. The van der Waals surface area contributed by atoms with Crippen molar-refractivity contribution < 1.29 is 22.7 Å². The summed E-state index contributed by atoms with van der Waals surface area (Å²) in [7, 11) is -0.952. The van der Waals surface area contributed by atoms with Gasteiger partial charge in [0.2, 0.25) is 15.9 Å². The highest BCUT2D eigenvalue weighted by atomic mass is 32.2. The quantitative estimate of drug-likeness (QED) is 0.738. The van der Waals surface area contributed by atoms with Crippen LogP contribution in [0.5, 0.6) is 11.5 Å². The lowest BCUT2D eigenvalue weighted by Crippen LogP contribution is -2.44. The number of carbonyl (C=O) groups excluding carboxylic acids is 1. The number of sulfonamides is 1. The minimum Gasteiger partial charge on any atom is -0.493 e. The van der Waals surface area contributed by atoms with Gasteiger partial charge in [-0.2, -0.15) is 4.72 Å². The first-order valence-electron chi connectivity index (χ1n) is 6.87. The topological polar surface area (TPSA) is 93.7 Å². The summed E-state index contributed by atoms with van der Waals surface area (Å²) >= 11 is 0. The minimum absolute atomic E-state index is 0.000270. The van der Waals surface area contributed by atoms with Crippen LogP contribution in [0.3, 0.4) is 0 Å². The van der Waals surface area contributed by atoms with Crippen LogP contribution in [0.2, 0.25) is 0 Å². The number of hydrogen-bond acceptors (Lipinski definition) is 5. The molecule has 0 aromatic heterocycles. The Bertz CT molecular complexity index is 616. The molecule has 0 fully saturated rings. The number of carbonyl (C=O) groups is 1. The van der Waals surface area contributed by atoms with E-state index < -0.39 is 16.1 Å². The Hall–Kier alpha value is -1.80. The third-order valence-corrected chi connectivity index (χ3v) is 4.48. The van der Waals surface area contributed by atoms with Gasteiger partial charge in [-0.15, -0.1) is 0 Å². The van der Waals surface area contributed by atoms with E-state index in [0.717, 1.165) is 6.42 Å². The van der Waals surface area contributed by atoms with E-state index in [1.54, 1.807) is 0 Å². The zero-order chi connectivity index (χ0) is 16.8. The summed E-state index contributed by atoms with van der Waals surface area (Å²) in [4.78, 5) is 11.8. The number of methoxy groups -OCH3 is 2. The fraction of sp³-hybridized carbons (Fsp3) is 0.500. The molecule has 0 aliphatic rings. The number of amides is 1. The van der Waals surface area contributed by atoms with Gasteiger partial charge < -0.3 is 14.8 Å². The Labute approximate surface area is 131 Å². The fourth-order valence-corrected chi connectivity index (χ4v) is 2.96. The summed E-state index contributed by atoms with van der Waals surface area (Å²) in [5, 5.41) is 2.64. The molecule has 7 nitrogen and oxygen atoms in total. The average molecular weight is 330 g/mol. The van der Waals surface area contributed by atoms with Crippen molar-refractivity contribution in [2.45, 2.75) is 31.2 Å². The third kappa shape index (κ3) is 4.60. The number of rotatable bonds is 8. The maximum absolute atomic E-state index is 12.3. The standard InChI is InChI=1S/C14H22N2O5S/c1-5-8-15-14(17)10(2)16-22(18,19)11-6-7-12(20-3)13(9-11)21-4/h6-7,9-10,16H,5,8H2,1-4H3,(H,15,17). The van der Waals surface area contributed by atoms with Crippen LogP contribution in [0, 0.1) is 0 Å². The molecule has 0 radical (unpaired) electrons. The Balaban J connectivity index is 2.92. The molecule has 1 unspecified atom stereocenters. The molecule has 124 valence electrons. The maximum atomic E-state index is 12.3. The molecule has 1 aromatic carbocycles. The molecule has 0 spiro atoms. The van der Waals surface area contributed by atoms with E-state index in [1.165, 1.54) is 39.3 Å². The van der Waals surface area contributed by atoms with Gasteiger partial charge in [0.15, 0.2) is 11.5 Å². The second-order valence-electron chi connectivity index (χ2n) is 4.65. The third-order valence-electron chi connectivity index (χ3n) is 2.94. The summed E-state index contributed by atoms with van der Waals surface area (Å²) in [6.07, 6.45) is 0.779. The summed E-state index contributed by atoms with van der Waals surface area (Å²) < 4.78 is 37.1. The molecule has 1 aromatic rings. The highest BCUT2D eigenvalue weighted by Crippen LogP contribution is 2.29. The first-order valence-corrected chi connectivity index (χ1v) is 8.36. The predicted octanol–water partition coefficient (Wildman–Crippen LogP) is 0.897. The van der Waals surface area contributed by atoms with Crippen LogP contribution in [0.15, 0.2) is 23.1 Å². The van der Waals surface area contributed by atoms with Gasteiger partial charge in [0.05, 0.1) is 25.2 Å². The van der Waals surface area contributed by atoms with E-state index >= 15 is 0 Å². The Kier molecular flexibility index (Phi) is 6.63. The summed E-state index contributed by atoms with van der Waals surface area (Å²) in [6, 6.07) is 3.36. The number of benzene rings is 1. The van der Waals surface area contributed by atoms with Gasteiger partial charge in [-0.3, -0.25) is 4.79 Å². The molecule has 0 aliphatic carbocycles. The Morgan fingerprint density at radius 2 is 1.86 bits per heavy atom. The van der Waals surface area contributed by atoms with Gasteiger partial charge in [0.1, 0.15) is 0 Å². The van der Waals surface area contributed by atoms with Gasteiger partial charge in [0, 0.05) is 12.6 Å². The molecule has 0 saturated carbocycles. The highest BCUT2D eigenvalue weighted by Gasteiger charge is 2.23.